The second-order valence-corrected chi connectivity index (χ2v) is 3.64. The molecule has 0 bridgehead atoms. The van der Waals surface area contributed by atoms with E-state index in [1.54, 1.807) is 0 Å². The molecule has 5 heteroatoms. The van der Waals surface area contributed by atoms with E-state index in [9.17, 15) is 15.2 Å². The van der Waals surface area contributed by atoms with Crippen LogP contribution in [0.15, 0.2) is 24.3 Å². The van der Waals surface area contributed by atoms with Gasteiger partial charge >= 0.3 is 0 Å². The van der Waals surface area contributed by atoms with Crippen molar-refractivity contribution in [2.75, 3.05) is 0 Å². The normalized spacial score (nSPS) is 10.2. The van der Waals surface area contributed by atoms with Crippen LogP contribution in [0.1, 0.15) is 13.8 Å². The molecule has 0 aromatic heterocycles. The topological polar surface area (TPSA) is 72.6 Å². The number of rotatable bonds is 2. The van der Waals surface area contributed by atoms with Gasteiger partial charge in [-0.1, -0.05) is 0 Å². The van der Waals surface area contributed by atoms with E-state index in [-0.39, 0.29) is 5.69 Å². The average Bonchev–Trinajstić information content (AvgIpc) is 2.16. The predicted molar refractivity (Wildman–Crippen MR) is 57.8 cm³/mol. The van der Waals surface area contributed by atoms with Crippen molar-refractivity contribution in [3.8, 4) is 17.8 Å². The standard InChI is InChI=1S/C11H11NO4/c1-11(2,13)7-8-16-10-5-3-9(4-6-10)12(14)15/h3-6,13H,1-2H3. The van der Waals surface area contributed by atoms with Crippen molar-refractivity contribution in [3.05, 3.63) is 34.4 Å². The van der Waals surface area contributed by atoms with E-state index >= 15 is 0 Å². The molecule has 84 valence electrons. The van der Waals surface area contributed by atoms with E-state index < -0.39 is 10.5 Å². The van der Waals surface area contributed by atoms with Crippen LogP contribution in [0.2, 0.25) is 0 Å². The van der Waals surface area contributed by atoms with E-state index in [0.29, 0.717) is 5.75 Å². The van der Waals surface area contributed by atoms with Gasteiger partial charge < -0.3 is 9.84 Å². The third-order valence-electron chi connectivity index (χ3n) is 1.57. The van der Waals surface area contributed by atoms with Crippen molar-refractivity contribution < 1.29 is 14.8 Å². The van der Waals surface area contributed by atoms with E-state index in [2.05, 4.69) is 12.0 Å². The summed E-state index contributed by atoms with van der Waals surface area (Å²) in [5.74, 6) is 2.85. The molecule has 1 aromatic rings. The Balaban J connectivity index is 2.69. The largest absolute Gasteiger partial charge is 0.407 e. The monoisotopic (exact) mass is 221 g/mol. The fourth-order valence-corrected chi connectivity index (χ4v) is 0.845. The Morgan fingerprint density at radius 2 is 1.94 bits per heavy atom. The smallest absolute Gasteiger partial charge is 0.269 e. The minimum Gasteiger partial charge on any atom is -0.407 e. The maximum Gasteiger partial charge on any atom is 0.269 e. The summed E-state index contributed by atoms with van der Waals surface area (Å²) in [5.41, 5.74) is -1.14. The van der Waals surface area contributed by atoms with Crippen LogP contribution in [0.4, 0.5) is 5.69 Å². The Hall–Kier alpha value is -2.06. The highest BCUT2D eigenvalue weighted by Crippen LogP contribution is 2.16. The van der Waals surface area contributed by atoms with Crippen molar-refractivity contribution in [2.45, 2.75) is 19.4 Å². The van der Waals surface area contributed by atoms with Crippen LogP contribution in [0.25, 0.3) is 0 Å². The van der Waals surface area contributed by atoms with Crippen LogP contribution >= 0.6 is 0 Å². The van der Waals surface area contributed by atoms with Gasteiger partial charge in [-0.05, 0) is 31.9 Å². The average molecular weight is 221 g/mol. The SMILES string of the molecule is CC(C)(O)C#COc1ccc([N+](=O)[O-])cc1. The molecular weight excluding hydrogens is 210 g/mol. The molecule has 1 N–H and O–H groups in total. The predicted octanol–water partition coefficient (Wildman–Crippen LogP) is 1.71. The number of ether oxygens (including phenoxy) is 1. The molecule has 0 atom stereocenters. The first kappa shape index (κ1) is 12.0. The quantitative estimate of drug-likeness (QED) is 0.468. The van der Waals surface area contributed by atoms with Crippen LogP contribution in [-0.4, -0.2) is 15.6 Å². The zero-order chi connectivity index (χ0) is 12.2. The molecule has 0 spiro atoms. The fraction of sp³-hybridized carbons (Fsp3) is 0.273. The van der Waals surface area contributed by atoms with Gasteiger partial charge in [-0.2, -0.15) is 0 Å². The molecule has 0 aliphatic heterocycles. The Morgan fingerprint density at radius 1 is 1.38 bits per heavy atom. The van der Waals surface area contributed by atoms with E-state index in [1.807, 2.05) is 0 Å². The first-order valence-electron chi connectivity index (χ1n) is 4.54. The molecule has 0 fully saturated rings. The first-order valence-corrected chi connectivity index (χ1v) is 4.54. The highest BCUT2D eigenvalue weighted by Gasteiger charge is 2.07. The molecule has 0 amide bonds. The summed E-state index contributed by atoms with van der Waals surface area (Å²) in [4.78, 5) is 9.87. The second-order valence-electron chi connectivity index (χ2n) is 3.64. The van der Waals surface area contributed by atoms with Gasteiger partial charge in [-0.15, -0.1) is 0 Å². The summed E-state index contributed by atoms with van der Waals surface area (Å²) < 4.78 is 4.97. The number of nitro benzene ring substituents is 1. The number of hydrogen-bond donors (Lipinski definition) is 1. The van der Waals surface area contributed by atoms with Crippen LogP contribution in [0.3, 0.4) is 0 Å². The molecule has 0 aliphatic rings. The van der Waals surface area contributed by atoms with Crippen molar-refractivity contribution >= 4 is 5.69 Å². The van der Waals surface area contributed by atoms with Gasteiger partial charge in [0.25, 0.3) is 5.69 Å². The Kier molecular flexibility index (Phi) is 3.48. The van der Waals surface area contributed by atoms with E-state index in [1.165, 1.54) is 38.1 Å². The molecule has 0 saturated carbocycles. The van der Waals surface area contributed by atoms with Crippen LogP contribution in [-0.2, 0) is 0 Å². The lowest BCUT2D eigenvalue weighted by molar-refractivity contribution is -0.384. The summed E-state index contributed by atoms with van der Waals surface area (Å²) >= 11 is 0. The van der Waals surface area contributed by atoms with Crippen LogP contribution in [0.5, 0.6) is 5.75 Å². The molecule has 5 nitrogen and oxygen atoms in total. The van der Waals surface area contributed by atoms with Crippen LogP contribution in [0, 0.1) is 22.1 Å². The number of nitrogens with zero attached hydrogens (tertiary/aromatic N) is 1. The summed E-state index contributed by atoms with van der Waals surface area (Å²) in [6.07, 6.45) is 2.32. The molecule has 0 saturated heterocycles. The van der Waals surface area contributed by atoms with Crippen molar-refractivity contribution in [3.63, 3.8) is 0 Å². The lowest BCUT2D eigenvalue weighted by Gasteiger charge is -2.05. The lowest BCUT2D eigenvalue weighted by Crippen LogP contribution is -2.14. The lowest BCUT2D eigenvalue weighted by atomic mass is 10.2. The highest BCUT2D eigenvalue weighted by atomic mass is 16.6. The summed E-state index contributed by atoms with van der Waals surface area (Å²) in [6, 6.07) is 5.52. The summed E-state index contributed by atoms with van der Waals surface area (Å²) in [6.45, 7) is 3.05. The molecule has 1 aromatic carbocycles. The molecule has 0 radical (unpaired) electrons. The molecular formula is C11H11NO4. The molecule has 0 unspecified atom stereocenters. The van der Waals surface area contributed by atoms with Gasteiger partial charge in [0.15, 0.2) is 0 Å². The van der Waals surface area contributed by atoms with E-state index in [0.717, 1.165) is 0 Å². The minimum absolute atomic E-state index is 0.0113. The third-order valence-corrected chi connectivity index (χ3v) is 1.57. The van der Waals surface area contributed by atoms with Crippen molar-refractivity contribution in [1.82, 2.24) is 0 Å². The first-order chi connectivity index (χ1) is 7.38. The summed E-state index contributed by atoms with van der Waals surface area (Å²) in [5, 5.41) is 19.6. The van der Waals surface area contributed by atoms with Gasteiger partial charge in [-0.25, -0.2) is 0 Å². The van der Waals surface area contributed by atoms with Gasteiger partial charge in [-0.3, -0.25) is 10.1 Å². The number of non-ortho nitro benzene ring substituents is 1. The molecule has 1 rings (SSSR count). The second kappa shape index (κ2) is 4.64. The van der Waals surface area contributed by atoms with Gasteiger partial charge in [0.05, 0.1) is 4.92 Å². The Morgan fingerprint density at radius 3 is 2.38 bits per heavy atom. The van der Waals surface area contributed by atoms with E-state index in [4.69, 9.17) is 4.74 Å². The molecule has 0 heterocycles. The zero-order valence-electron chi connectivity index (χ0n) is 8.93. The molecule has 0 aliphatic carbocycles. The Labute approximate surface area is 92.8 Å². The van der Waals surface area contributed by atoms with Gasteiger partial charge in [0.2, 0.25) is 0 Å². The Bertz CT molecular complexity index is 434. The van der Waals surface area contributed by atoms with Crippen molar-refractivity contribution in [2.24, 2.45) is 0 Å². The number of benzene rings is 1. The highest BCUT2D eigenvalue weighted by molar-refractivity contribution is 5.36. The van der Waals surface area contributed by atoms with Gasteiger partial charge in [0, 0.05) is 12.1 Å². The third kappa shape index (κ3) is 3.98. The minimum atomic E-state index is -1.12. The maximum absolute atomic E-state index is 10.4. The number of nitro groups is 1. The zero-order valence-corrected chi connectivity index (χ0v) is 8.93. The maximum atomic E-state index is 10.4. The fourth-order valence-electron chi connectivity index (χ4n) is 0.845. The number of aliphatic hydroxyl groups is 1. The van der Waals surface area contributed by atoms with Gasteiger partial charge in [0.1, 0.15) is 17.5 Å². The molecule has 16 heavy (non-hydrogen) atoms. The summed E-state index contributed by atoms with van der Waals surface area (Å²) in [7, 11) is 0. The number of hydrogen-bond acceptors (Lipinski definition) is 4. The van der Waals surface area contributed by atoms with Crippen molar-refractivity contribution in [1.29, 1.82) is 0 Å². The van der Waals surface area contributed by atoms with Crippen LogP contribution < -0.4 is 4.74 Å².